The van der Waals surface area contributed by atoms with Gasteiger partial charge < -0.3 is 5.73 Å². The summed E-state index contributed by atoms with van der Waals surface area (Å²) in [5.41, 5.74) is 7.29. The molecule has 0 heterocycles. The number of rotatable bonds is 3. The molecule has 0 aliphatic carbocycles. The van der Waals surface area contributed by atoms with Gasteiger partial charge in [0.1, 0.15) is 0 Å². The van der Waals surface area contributed by atoms with E-state index in [1.165, 1.54) is 0 Å². The fourth-order valence-electron chi connectivity index (χ4n) is 1.73. The van der Waals surface area contributed by atoms with Crippen LogP contribution in [0.4, 0.5) is 0 Å². The van der Waals surface area contributed by atoms with Crippen molar-refractivity contribution in [1.29, 1.82) is 0 Å². The molecule has 0 atom stereocenters. The molecule has 0 saturated heterocycles. The SMILES string of the molecule is Cc1cc(C(C)(C)C)ccc1S(=O)(=O)CCN. The highest BCUT2D eigenvalue weighted by atomic mass is 32.2. The Morgan fingerprint density at radius 1 is 1.24 bits per heavy atom. The van der Waals surface area contributed by atoms with Gasteiger partial charge in [0.25, 0.3) is 0 Å². The van der Waals surface area contributed by atoms with Gasteiger partial charge >= 0.3 is 0 Å². The first-order valence-electron chi connectivity index (χ1n) is 5.72. The third-order valence-electron chi connectivity index (χ3n) is 2.76. The minimum atomic E-state index is -3.23. The van der Waals surface area contributed by atoms with Crippen LogP contribution in [0, 0.1) is 6.92 Å². The van der Waals surface area contributed by atoms with Crippen LogP contribution in [0.2, 0.25) is 0 Å². The molecule has 0 aromatic heterocycles. The zero-order chi connectivity index (χ0) is 13.3. The van der Waals surface area contributed by atoms with Crippen LogP contribution < -0.4 is 5.73 Å². The molecule has 4 heteroatoms. The van der Waals surface area contributed by atoms with E-state index in [0.717, 1.165) is 11.1 Å². The lowest BCUT2D eigenvalue weighted by atomic mass is 9.86. The van der Waals surface area contributed by atoms with E-state index in [0.29, 0.717) is 4.90 Å². The second-order valence-corrected chi connectivity index (χ2v) is 7.42. The summed E-state index contributed by atoms with van der Waals surface area (Å²) in [5.74, 6) is 0.00268. The zero-order valence-corrected chi connectivity index (χ0v) is 11.8. The van der Waals surface area contributed by atoms with Crippen molar-refractivity contribution < 1.29 is 8.42 Å². The van der Waals surface area contributed by atoms with E-state index in [2.05, 4.69) is 20.8 Å². The Labute approximate surface area is 104 Å². The van der Waals surface area contributed by atoms with Crippen molar-refractivity contribution in [3.63, 3.8) is 0 Å². The van der Waals surface area contributed by atoms with Crippen molar-refractivity contribution >= 4 is 9.84 Å². The minimum absolute atomic E-state index is 0.00268. The number of aryl methyl sites for hydroxylation is 1. The maximum absolute atomic E-state index is 11.9. The van der Waals surface area contributed by atoms with Crippen molar-refractivity contribution in [3.8, 4) is 0 Å². The predicted molar refractivity (Wildman–Crippen MR) is 71.0 cm³/mol. The van der Waals surface area contributed by atoms with Crippen LogP contribution in [-0.4, -0.2) is 20.7 Å². The number of sulfone groups is 1. The molecule has 0 amide bonds. The minimum Gasteiger partial charge on any atom is -0.329 e. The molecule has 0 spiro atoms. The number of hydrogen-bond donors (Lipinski definition) is 1. The van der Waals surface area contributed by atoms with E-state index in [1.807, 2.05) is 19.1 Å². The Hall–Kier alpha value is -0.870. The van der Waals surface area contributed by atoms with Crippen LogP contribution in [-0.2, 0) is 15.3 Å². The van der Waals surface area contributed by atoms with Crippen LogP contribution in [0.15, 0.2) is 23.1 Å². The summed E-state index contributed by atoms with van der Waals surface area (Å²) in [6, 6.07) is 5.53. The average Bonchev–Trinajstić information content (AvgIpc) is 2.15. The van der Waals surface area contributed by atoms with Gasteiger partial charge in [-0.25, -0.2) is 8.42 Å². The van der Waals surface area contributed by atoms with Crippen molar-refractivity contribution in [2.75, 3.05) is 12.3 Å². The highest BCUT2D eigenvalue weighted by Crippen LogP contribution is 2.26. The average molecular weight is 255 g/mol. The van der Waals surface area contributed by atoms with E-state index < -0.39 is 9.84 Å². The quantitative estimate of drug-likeness (QED) is 0.899. The maximum atomic E-state index is 11.9. The summed E-state index contributed by atoms with van der Waals surface area (Å²) in [7, 11) is -3.23. The van der Waals surface area contributed by atoms with Crippen LogP contribution in [0.3, 0.4) is 0 Å². The molecule has 1 aromatic carbocycles. The Kier molecular flexibility index (Phi) is 3.99. The third-order valence-corrected chi connectivity index (χ3v) is 4.66. The zero-order valence-electron chi connectivity index (χ0n) is 10.9. The topological polar surface area (TPSA) is 60.2 Å². The summed E-state index contributed by atoms with van der Waals surface area (Å²) in [6.45, 7) is 8.31. The summed E-state index contributed by atoms with van der Waals surface area (Å²) < 4.78 is 23.9. The summed E-state index contributed by atoms with van der Waals surface area (Å²) in [6.07, 6.45) is 0. The van der Waals surface area contributed by atoms with E-state index in [9.17, 15) is 8.42 Å². The first-order valence-corrected chi connectivity index (χ1v) is 7.37. The first kappa shape index (κ1) is 14.2. The normalized spacial score (nSPS) is 12.8. The van der Waals surface area contributed by atoms with Crippen molar-refractivity contribution in [1.82, 2.24) is 0 Å². The van der Waals surface area contributed by atoms with E-state index in [-0.39, 0.29) is 17.7 Å². The molecule has 1 aromatic rings. The molecule has 17 heavy (non-hydrogen) atoms. The fourth-order valence-corrected chi connectivity index (χ4v) is 3.09. The van der Waals surface area contributed by atoms with Crippen molar-refractivity contribution in [2.24, 2.45) is 5.73 Å². The van der Waals surface area contributed by atoms with E-state index >= 15 is 0 Å². The van der Waals surface area contributed by atoms with Gasteiger partial charge in [-0.15, -0.1) is 0 Å². The van der Waals surface area contributed by atoms with E-state index in [1.54, 1.807) is 6.07 Å². The Bertz CT molecular complexity index is 499. The van der Waals surface area contributed by atoms with Gasteiger partial charge in [-0.1, -0.05) is 32.9 Å². The van der Waals surface area contributed by atoms with Gasteiger partial charge in [0.2, 0.25) is 0 Å². The Balaban J connectivity index is 3.24. The molecule has 0 unspecified atom stereocenters. The van der Waals surface area contributed by atoms with Crippen LogP contribution >= 0.6 is 0 Å². The molecule has 0 aliphatic heterocycles. The maximum Gasteiger partial charge on any atom is 0.179 e. The molecule has 2 N–H and O–H groups in total. The number of hydrogen-bond acceptors (Lipinski definition) is 3. The van der Waals surface area contributed by atoms with Gasteiger partial charge in [-0.3, -0.25) is 0 Å². The lowest BCUT2D eigenvalue weighted by Gasteiger charge is -2.20. The predicted octanol–water partition coefficient (Wildman–Crippen LogP) is 2.02. The van der Waals surface area contributed by atoms with Gasteiger partial charge in [-0.2, -0.15) is 0 Å². The van der Waals surface area contributed by atoms with Gasteiger partial charge in [0, 0.05) is 6.54 Å². The molecule has 0 saturated carbocycles. The van der Waals surface area contributed by atoms with Gasteiger partial charge in [0.15, 0.2) is 9.84 Å². The first-order chi connectivity index (χ1) is 7.68. The third kappa shape index (κ3) is 3.30. The largest absolute Gasteiger partial charge is 0.329 e. The number of nitrogens with two attached hydrogens (primary N) is 1. The van der Waals surface area contributed by atoms with Crippen molar-refractivity contribution in [3.05, 3.63) is 29.3 Å². The molecular weight excluding hydrogens is 234 g/mol. The molecular formula is C13H21NO2S. The Morgan fingerprint density at radius 3 is 2.24 bits per heavy atom. The molecule has 0 bridgehead atoms. The lowest BCUT2D eigenvalue weighted by Crippen LogP contribution is -2.17. The van der Waals surface area contributed by atoms with Crippen molar-refractivity contribution in [2.45, 2.75) is 38.0 Å². The monoisotopic (exact) mass is 255 g/mol. The molecule has 3 nitrogen and oxygen atoms in total. The Morgan fingerprint density at radius 2 is 1.82 bits per heavy atom. The smallest absolute Gasteiger partial charge is 0.179 e. The molecule has 1 rings (SSSR count). The highest BCUT2D eigenvalue weighted by Gasteiger charge is 2.19. The van der Waals surface area contributed by atoms with Crippen LogP contribution in [0.1, 0.15) is 31.9 Å². The van der Waals surface area contributed by atoms with Crippen LogP contribution in [0.25, 0.3) is 0 Å². The van der Waals surface area contributed by atoms with E-state index in [4.69, 9.17) is 5.73 Å². The lowest BCUT2D eigenvalue weighted by molar-refractivity contribution is 0.585. The van der Waals surface area contributed by atoms with Gasteiger partial charge in [0.05, 0.1) is 10.6 Å². The fraction of sp³-hybridized carbons (Fsp3) is 0.538. The molecule has 96 valence electrons. The standard InChI is InChI=1S/C13H21NO2S/c1-10-9-11(13(2,3)4)5-6-12(10)17(15,16)8-7-14/h5-6,9H,7-8,14H2,1-4H3. The molecule has 0 aliphatic rings. The summed E-state index contributed by atoms with van der Waals surface area (Å²) >= 11 is 0. The highest BCUT2D eigenvalue weighted by molar-refractivity contribution is 7.91. The van der Waals surface area contributed by atoms with Gasteiger partial charge in [-0.05, 0) is 29.5 Å². The van der Waals surface area contributed by atoms with Crippen LogP contribution in [0.5, 0.6) is 0 Å². The molecule has 0 radical (unpaired) electrons. The summed E-state index contributed by atoms with van der Waals surface area (Å²) in [4.78, 5) is 0.399. The second-order valence-electron chi connectivity index (χ2n) is 5.34. The summed E-state index contributed by atoms with van der Waals surface area (Å²) in [5, 5.41) is 0. The molecule has 0 fully saturated rings. The second kappa shape index (κ2) is 4.78. The number of benzene rings is 1.